The maximum atomic E-state index is 12.4. The molecule has 1 aromatic rings. The van der Waals surface area contributed by atoms with Crippen molar-refractivity contribution < 1.29 is 9.53 Å². The van der Waals surface area contributed by atoms with Gasteiger partial charge in [0, 0.05) is 23.7 Å². The van der Waals surface area contributed by atoms with Crippen molar-refractivity contribution in [1.29, 1.82) is 0 Å². The molecule has 124 valence electrons. The van der Waals surface area contributed by atoms with Gasteiger partial charge >= 0.3 is 0 Å². The van der Waals surface area contributed by atoms with Crippen LogP contribution >= 0.6 is 35.6 Å². The van der Waals surface area contributed by atoms with E-state index in [4.69, 9.17) is 27.9 Å². The molecule has 0 unspecified atom stereocenters. The maximum absolute atomic E-state index is 12.4. The van der Waals surface area contributed by atoms with E-state index in [0.717, 1.165) is 18.7 Å². The number of amides is 1. The van der Waals surface area contributed by atoms with E-state index >= 15 is 0 Å². The zero-order valence-corrected chi connectivity index (χ0v) is 14.8. The van der Waals surface area contributed by atoms with Crippen molar-refractivity contribution in [2.75, 3.05) is 26.7 Å². The zero-order valence-electron chi connectivity index (χ0n) is 12.5. The first-order valence-electron chi connectivity index (χ1n) is 7.05. The molecular weight excluding hydrogens is 347 g/mol. The van der Waals surface area contributed by atoms with Crippen molar-refractivity contribution in [3.63, 3.8) is 0 Å². The van der Waals surface area contributed by atoms with E-state index in [1.807, 2.05) is 12.1 Å². The number of piperidine rings is 1. The summed E-state index contributed by atoms with van der Waals surface area (Å²) in [5, 5.41) is 7.40. The number of hydrogen-bond acceptors (Lipinski definition) is 3. The lowest BCUT2D eigenvalue weighted by molar-refractivity contribution is -0.146. The molecule has 2 rings (SSSR count). The minimum Gasteiger partial charge on any atom is -0.368 e. The highest BCUT2D eigenvalue weighted by Gasteiger charge is 2.39. The van der Waals surface area contributed by atoms with E-state index in [2.05, 4.69) is 10.6 Å². The van der Waals surface area contributed by atoms with Crippen LogP contribution in [0, 0.1) is 0 Å². The molecule has 0 saturated carbocycles. The molecule has 1 heterocycles. The van der Waals surface area contributed by atoms with Gasteiger partial charge in [0.05, 0.1) is 0 Å². The second-order valence-electron chi connectivity index (χ2n) is 5.23. The molecule has 1 fully saturated rings. The van der Waals surface area contributed by atoms with Crippen LogP contribution < -0.4 is 10.6 Å². The van der Waals surface area contributed by atoms with Crippen molar-refractivity contribution in [2.45, 2.75) is 24.9 Å². The first-order chi connectivity index (χ1) is 10.1. The summed E-state index contributed by atoms with van der Waals surface area (Å²) >= 11 is 11.9. The predicted molar refractivity (Wildman–Crippen MR) is 92.3 cm³/mol. The Morgan fingerprint density at radius 2 is 1.86 bits per heavy atom. The van der Waals surface area contributed by atoms with Crippen LogP contribution in [0.4, 0.5) is 0 Å². The fourth-order valence-electron chi connectivity index (χ4n) is 2.59. The van der Waals surface area contributed by atoms with Crippen molar-refractivity contribution in [1.82, 2.24) is 10.6 Å². The standard InChI is InChI=1S/C15H20Cl2N2O2.ClH/c1-21-15(3-6-18-7-4-15)14(20)19-5-2-11-8-12(16)10-13(17)9-11;/h8-10,18H,2-7H2,1H3,(H,19,20);1H. The number of hydrogen-bond donors (Lipinski definition) is 2. The van der Waals surface area contributed by atoms with Crippen molar-refractivity contribution in [3.8, 4) is 0 Å². The Hall–Kier alpha value is -0.520. The Morgan fingerprint density at radius 1 is 1.27 bits per heavy atom. The van der Waals surface area contributed by atoms with E-state index < -0.39 is 5.60 Å². The van der Waals surface area contributed by atoms with Crippen molar-refractivity contribution in [3.05, 3.63) is 33.8 Å². The highest BCUT2D eigenvalue weighted by Crippen LogP contribution is 2.23. The first-order valence-corrected chi connectivity index (χ1v) is 7.80. The normalized spacial score (nSPS) is 16.7. The summed E-state index contributed by atoms with van der Waals surface area (Å²) in [4.78, 5) is 12.4. The third-order valence-corrected chi connectivity index (χ3v) is 4.27. The maximum Gasteiger partial charge on any atom is 0.252 e. The van der Waals surface area contributed by atoms with Crippen LogP contribution in [0.15, 0.2) is 18.2 Å². The zero-order chi connectivity index (χ0) is 15.3. The summed E-state index contributed by atoms with van der Waals surface area (Å²) in [6.45, 7) is 2.13. The summed E-state index contributed by atoms with van der Waals surface area (Å²) in [6.07, 6.45) is 2.07. The minimum absolute atomic E-state index is 0. The number of rotatable bonds is 5. The smallest absolute Gasteiger partial charge is 0.252 e. The van der Waals surface area contributed by atoms with Crippen LogP contribution in [-0.4, -0.2) is 38.3 Å². The molecule has 2 N–H and O–H groups in total. The van der Waals surface area contributed by atoms with Crippen molar-refractivity contribution in [2.24, 2.45) is 0 Å². The van der Waals surface area contributed by atoms with E-state index in [1.165, 1.54) is 0 Å². The van der Waals surface area contributed by atoms with Gasteiger partial charge in [0.2, 0.25) is 0 Å². The van der Waals surface area contributed by atoms with Gasteiger partial charge in [-0.05, 0) is 56.1 Å². The number of carbonyl (C=O) groups is 1. The van der Waals surface area contributed by atoms with Crippen LogP contribution in [0.2, 0.25) is 10.0 Å². The number of ether oxygens (including phenoxy) is 1. The third kappa shape index (κ3) is 5.00. The molecule has 0 spiro atoms. The van der Waals surface area contributed by atoms with Crippen LogP contribution in [0.5, 0.6) is 0 Å². The molecule has 0 atom stereocenters. The summed E-state index contributed by atoms with van der Waals surface area (Å²) in [6, 6.07) is 5.41. The molecule has 7 heteroatoms. The Kier molecular flexibility index (Phi) is 7.94. The Balaban J connectivity index is 0.00000242. The van der Waals surface area contributed by atoms with Gasteiger partial charge in [0.25, 0.3) is 5.91 Å². The topological polar surface area (TPSA) is 50.4 Å². The summed E-state index contributed by atoms with van der Waals surface area (Å²) in [5.74, 6) is -0.0420. The summed E-state index contributed by atoms with van der Waals surface area (Å²) < 4.78 is 5.49. The summed E-state index contributed by atoms with van der Waals surface area (Å²) in [7, 11) is 1.60. The quantitative estimate of drug-likeness (QED) is 0.841. The SMILES string of the molecule is COC1(C(=O)NCCc2cc(Cl)cc(Cl)c2)CCNCC1.Cl. The molecule has 1 amide bonds. The molecule has 0 radical (unpaired) electrons. The van der Waals surface area contributed by atoms with Crippen LogP contribution in [0.25, 0.3) is 0 Å². The molecule has 1 aliphatic heterocycles. The second kappa shape index (κ2) is 8.94. The third-order valence-electron chi connectivity index (χ3n) is 3.84. The van der Waals surface area contributed by atoms with E-state index in [1.54, 1.807) is 13.2 Å². The molecule has 4 nitrogen and oxygen atoms in total. The van der Waals surface area contributed by atoms with Crippen molar-refractivity contribution >= 4 is 41.5 Å². The molecule has 0 aromatic heterocycles. The largest absolute Gasteiger partial charge is 0.368 e. The van der Waals surface area contributed by atoms with Gasteiger partial charge in [-0.3, -0.25) is 4.79 Å². The molecule has 1 saturated heterocycles. The number of carbonyl (C=O) groups excluding carboxylic acids is 1. The monoisotopic (exact) mass is 366 g/mol. The molecule has 22 heavy (non-hydrogen) atoms. The van der Waals surface area contributed by atoms with Gasteiger partial charge in [-0.2, -0.15) is 0 Å². The number of nitrogens with one attached hydrogen (secondary N) is 2. The van der Waals surface area contributed by atoms with Crippen LogP contribution in [-0.2, 0) is 16.0 Å². The fourth-order valence-corrected chi connectivity index (χ4v) is 3.16. The van der Waals surface area contributed by atoms with Crippen LogP contribution in [0.3, 0.4) is 0 Å². The molecular formula is C15H21Cl3N2O2. The lowest BCUT2D eigenvalue weighted by Gasteiger charge is -2.34. The van der Waals surface area contributed by atoms with E-state index in [9.17, 15) is 4.79 Å². The average Bonchev–Trinajstić information content (AvgIpc) is 2.47. The Bertz CT molecular complexity index is 485. The second-order valence-corrected chi connectivity index (χ2v) is 6.10. The Labute approximate surface area is 147 Å². The molecule has 0 aliphatic carbocycles. The van der Waals surface area contributed by atoms with E-state index in [0.29, 0.717) is 35.9 Å². The van der Waals surface area contributed by atoms with Gasteiger partial charge in [0.15, 0.2) is 0 Å². The first kappa shape index (κ1) is 19.5. The van der Waals surface area contributed by atoms with Gasteiger partial charge in [-0.1, -0.05) is 23.2 Å². The average molecular weight is 368 g/mol. The number of benzene rings is 1. The van der Waals surface area contributed by atoms with Gasteiger partial charge < -0.3 is 15.4 Å². The van der Waals surface area contributed by atoms with Gasteiger partial charge in [0.1, 0.15) is 5.60 Å². The molecule has 0 bridgehead atoms. The lowest BCUT2D eigenvalue weighted by Crippen LogP contribution is -2.54. The highest BCUT2D eigenvalue weighted by atomic mass is 35.5. The predicted octanol–water partition coefficient (Wildman–Crippen LogP) is 2.84. The minimum atomic E-state index is -0.697. The lowest BCUT2D eigenvalue weighted by atomic mass is 9.91. The highest BCUT2D eigenvalue weighted by molar-refractivity contribution is 6.34. The van der Waals surface area contributed by atoms with Crippen LogP contribution in [0.1, 0.15) is 18.4 Å². The molecule has 1 aromatic carbocycles. The number of methoxy groups -OCH3 is 1. The van der Waals surface area contributed by atoms with Gasteiger partial charge in [-0.15, -0.1) is 12.4 Å². The summed E-state index contributed by atoms with van der Waals surface area (Å²) in [5.41, 5.74) is 0.307. The van der Waals surface area contributed by atoms with E-state index in [-0.39, 0.29) is 18.3 Å². The molecule has 1 aliphatic rings. The number of halogens is 3. The fraction of sp³-hybridized carbons (Fsp3) is 0.533. The van der Waals surface area contributed by atoms with Gasteiger partial charge in [-0.25, -0.2) is 0 Å². The Morgan fingerprint density at radius 3 is 2.41 bits per heavy atom.